The second-order valence-corrected chi connectivity index (χ2v) is 6.73. The van der Waals surface area contributed by atoms with Crippen molar-refractivity contribution in [2.24, 2.45) is 0 Å². The van der Waals surface area contributed by atoms with Crippen molar-refractivity contribution in [1.29, 1.82) is 0 Å². The van der Waals surface area contributed by atoms with Crippen LogP contribution in [0.25, 0.3) is 10.9 Å². The van der Waals surface area contributed by atoms with Gasteiger partial charge in [0, 0.05) is 28.5 Å². The van der Waals surface area contributed by atoms with Crippen LogP contribution in [0.4, 0.5) is 0 Å². The van der Waals surface area contributed by atoms with E-state index in [-0.39, 0.29) is 12.0 Å². The van der Waals surface area contributed by atoms with Gasteiger partial charge in [0.05, 0.1) is 20.3 Å². The molecule has 1 atom stereocenters. The standard InChI is InChI=1S/C20H19ClN2O3/c1-25-16-7-4-14-10-18(22-17(14)11-16)20(24)23-8-9-26-19(12-23)13-2-5-15(21)6-3-13/h2-7,10-11,19,22H,8-9,12H2,1H3. The first-order chi connectivity index (χ1) is 12.6. The van der Waals surface area contributed by atoms with Crippen molar-refractivity contribution < 1.29 is 14.3 Å². The number of hydrogen-bond donors (Lipinski definition) is 1. The summed E-state index contributed by atoms with van der Waals surface area (Å²) in [5, 5.41) is 1.67. The molecule has 0 aliphatic carbocycles. The maximum Gasteiger partial charge on any atom is 0.270 e. The number of morpholine rings is 1. The van der Waals surface area contributed by atoms with E-state index in [1.807, 2.05) is 53.4 Å². The first kappa shape index (κ1) is 16.9. The van der Waals surface area contributed by atoms with Crippen LogP contribution in [0, 0.1) is 0 Å². The zero-order valence-corrected chi connectivity index (χ0v) is 15.1. The smallest absolute Gasteiger partial charge is 0.270 e. The molecule has 1 saturated heterocycles. The van der Waals surface area contributed by atoms with Gasteiger partial charge >= 0.3 is 0 Å². The van der Waals surface area contributed by atoms with Crippen LogP contribution in [0.3, 0.4) is 0 Å². The first-order valence-electron chi connectivity index (χ1n) is 8.47. The van der Waals surface area contributed by atoms with Crippen LogP contribution >= 0.6 is 11.6 Å². The van der Waals surface area contributed by atoms with Gasteiger partial charge in [-0.1, -0.05) is 23.7 Å². The fourth-order valence-electron chi connectivity index (χ4n) is 3.23. The summed E-state index contributed by atoms with van der Waals surface area (Å²) in [7, 11) is 1.63. The minimum absolute atomic E-state index is 0.0255. The van der Waals surface area contributed by atoms with Gasteiger partial charge in [-0.25, -0.2) is 0 Å². The summed E-state index contributed by atoms with van der Waals surface area (Å²) in [4.78, 5) is 18.0. The Morgan fingerprint density at radius 2 is 2.04 bits per heavy atom. The highest BCUT2D eigenvalue weighted by atomic mass is 35.5. The van der Waals surface area contributed by atoms with Crippen molar-refractivity contribution in [3.63, 3.8) is 0 Å². The Balaban J connectivity index is 1.54. The van der Waals surface area contributed by atoms with Crippen molar-refractivity contribution >= 4 is 28.4 Å². The van der Waals surface area contributed by atoms with Crippen molar-refractivity contribution in [2.75, 3.05) is 26.8 Å². The van der Waals surface area contributed by atoms with Gasteiger partial charge in [-0.15, -0.1) is 0 Å². The number of halogens is 1. The molecule has 2 heterocycles. The van der Waals surface area contributed by atoms with Crippen molar-refractivity contribution in [3.05, 3.63) is 64.8 Å². The summed E-state index contributed by atoms with van der Waals surface area (Å²) >= 11 is 5.95. The van der Waals surface area contributed by atoms with Gasteiger partial charge in [-0.2, -0.15) is 0 Å². The number of nitrogens with zero attached hydrogens (tertiary/aromatic N) is 1. The average Bonchev–Trinajstić information content (AvgIpc) is 3.11. The number of carbonyl (C=O) groups is 1. The Kier molecular flexibility index (Phi) is 4.57. The highest BCUT2D eigenvalue weighted by molar-refractivity contribution is 6.30. The van der Waals surface area contributed by atoms with E-state index in [0.717, 1.165) is 22.2 Å². The van der Waals surface area contributed by atoms with E-state index in [9.17, 15) is 4.79 Å². The van der Waals surface area contributed by atoms with Gasteiger partial charge in [0.1, 0.15) is 17.5 Å². The molecule has 26 heavy (non-hydrogen) atoms. The third-order valence-electron chi connectivity index (χ3n) is 4.66. The van der Waals surface area contributed by atoms with Crippen molar-refractivity contribution in [1.82, 2.24) is 9.88 Å². The summed E-state index contributed by atoms with van der Waals surface area (Å²) < 4.78 is 11.1. The number of H-pyrrole nitrogens is 1. The quantitative estimate of drug-likeness (QED) is 0.756. The van der Waals surface area contributed by atoms with Crippen LogP contribution in [0.2, 0.25) is 5.02 Å². The molecule has 134 valence electrons. The molecule has 6 heteroatoms. The number of aromatic amines is 1. The topological polar surface area (TPSA) is 54.6 Å². The zero-order chi connectivity index (χ0) is 18.1. The van der Waals surface area contributed by atoms with E-state index < -0.39 is 0 Å². The number of benzene rings is 2. The lowest BCUT2D eigenvalue weighted by Crippen LogP contribution is -2.42. The third-order valence-corrected chi connectivity index (χ3v) is 4.91. The van der Waals surface area contributed by atoms with Gasteiger partial charge in [0.25, 0.3) is 5.91 Å². The van der Waals surface area contributed by atoms with E-state index >= 15 is 0 Å². The van der Waals surface area contributed by atoms with Gasteiger partial charge in [-0.3, -0.25) is 4.79 Å². The fourth-order valence-corrected chi connectivity index (χ4v) is 3.36. The summed E-state index contributed by atoms with van der Waals surface area (Å²) in [5.74, 6) is 0.731. The molecule has 3 aromatic rings. The van der Waals surface area contributed by atoms with E-state index in [1.165, 1.54) is 0 Å². The van der Waals surface area contributed by atoms with E-state index in [4.69, 9.17) is 21.1 Å². The van der Waals surface area contributed by atoms with Crippen LogP contribution in [0.5, 0.6) is 5.75 Å². The molecule has 1 aromatic heterocycles. The summed E-state index contributed by atoms with van der Waals surface area (Å²) in [6.45, 7) is 1.59. The minimum Gasteiger partial charge on any atom is -0.497 e. The lowest BCUT2D eigenvalue weighted by atomic mass is 10.1. The molecule has 4 rings (SSSR count). The van der Waals surface area contributed by atoms with Crippen LogP contribution in [0.15, 0.2) is 48.5 Å². The predicted octanol–water partition coefficient (Wildman–Crippen LogP) is 4.04. The second kappa shape index (κ2) is 7.02. The molecule has 2 aromatic carbocycles. The lowest BCUT2D eigenvalue weighted by Gasteiger charge is -2.33. The number of hydrogen-bond acceptors (Lipinski definition) is 3. The second-order valence-electron chi connectivity index (χ2n) is 6.30. The molecule has 0 radical (unpaired) electrons. The Bertz CT molecular complexity index is 936. The molecule has 0 spiro atoms. The van der Waals surface area contributed by atoms with Gasteiger partial charge in [0.2, 0.25) is 0 Å². The SMILES string of the molecule is COc1ccc2cc(C(=O)N3CCOC(c4ccc(Cl)cc4)C3)[nH]c2c1. The fraction of sp³-hybridized carbons (Fsp3) is 0.250. The molecule has 0 saturated carbocycles. The Labute approximate surface area is 156 Å². The van der Waals surface area contributed by atoms with Crippen molar-refractivity contribution in [3.8, 4) is 5.75 Å². The largest absolute Gasteiger partial charge is 0.497 e. The van der Waals surface area contributed by atoms with E-state index in [2.05, 4.69) is 4.98 Å². The number of methoxy groups -OCH3 is 1. The Morgan fingerprint density at radius 1 is 1.23 bits per heavy atom. The number of ether oxygens (including phenoxy) is 2. The average molecular weight is 371 g/mol. The molecule has 0 bridgehead atoms. The first-order valence-corrected chi connectivity index (χ1v) is 8.85. The predicted molar refractivity (Wildman–Crippen MR) is 101 cm³/mol. The number of fused-ring (bicyclic) bond motifs is 1. The lowest BCUT2D eigenvalue weighted by molar-refractivity contribution is -0.0229. The molecule has 1 aliphatic heterocycles. The molecular weight excluding hydrogens is 352 g/mol. The van der Waals surface area contributed by atoms with Gasteiger partial charge < -0.3 is 19.4 Å². The number of carbonyl (C=O) groups excluding carboxylic acids is 1. The normalized spacial score (nSPS) is 17.5. The number of aromatic nitrogens is 1. The monoisotopic (exact) mass is 370 g/mol. The Hall–Kier alpha value is -2.50. The molecule has 1 N–H and O–H groups in total. The molecule has 5 nitrogen and oxygen atoms in total. The van der Waals surface area contributed by atoms with Gasteiger partial charge in [-0.05, 0) is 35.9 Å². The molecule has 1 aliphatic rings. The van der Waals surface area contributed by atoms with Crippen LogP contribution < -0.4 is 4.74 Å². The Morgan fingerprint density at radius 3 is 2.81 bits per heavy atom. The summed E-state index contributed by atoms with van der Waals surface area (Å²) in [5.41, 5.74) is 2.48. The summed E-state index contributed by atoms with van der Waals surface area (Å²) in [6, 6.07) is 15.2. The number of amides is 1. The number of rotatable bonds is 3. The molecule has 1 fully saturated rings. The molecule has 1 unspecified atom stereocenters. The zero-order valence-electron chi connectivity index (χ0n) is 14.4. The van der Waals surface area contributed by atoms with Crippen LogP contribution in [0.1, 0.15) is 22.2 Å². The highest BCUT2D eigenvalue weighted by Gasteiger charge is 2.27. The summed E-state index contributed by atoms with van der Waals surface area (Å²) in [6.07, 6.45) is -0.144. The van der Waals surface area contributed by atoms with Gasteiger partial charge in [0.15, 0.2) is 0 Å². The molecular formula is C20H19ClN2O3. The molecule has 1 amide bonds. The van der Waals surface area contributed by atoms with E-state index in [1.54, 1.807) is 7.11 Å². The number of nitrogens with one attached hydrogen (secondary N) is 1. The maximum atomic E-state index is 12.9. The maximum absolute atomic E-state index is 12.9. The third kappa shape index (κ3) is 3.28. The van der Waals surface area contributed by atoms with Crippen LogP contribution in [-0.4, -0.2) is 42.6 Å². The minimum atomic E-state index is -0.144. The van der Waals surface area contributed by atoms with Crippen LogP contribution in [-0.2, 0) is 4.74 Å². The highest BCUT2D eigenvalue weighted by Crippen LogP contribution is 2.26. The van der Waals surface area contributed by atoms with Crippen molar-refractivity contribution in [2.45, 2.75) is 6.10 Å². The van der Waals surface area contributed by atoms with E-state index in [0.29, 0.717) is 30.4 Å².